The molecule has 0 amide bonds. The van der Waals surface area contributed by atoms with Crippen LogP contribution in [0.3, 0.4) is 0 Å². The van der Waals surface area contributed by atoms with Crippen LogP contribution in [-0.4, -0.2) is 41.6 Å². The summed E-state index contributed by atoms with van der Waals surface area (Å²) in [6, 6.07) is 29.7. The van der Waals surface area contributed by atoms with Gasteiger partial charge in [-0.25, -0.2) is 0 Å². The van der Waals surface area contributed by atoms with Crippen LogP contribution >= 0.6 is 11.8 Å². The number of rotatable bonds is 6. The van der Waals surface area contributed by atoms with Crippen molar-refractivity contribution >= 4 is 11.8 Å². The summed E-state index contributed by atoms with van der Waals surface area (Å²) in [5, 5.41) is 11.4. The van der Waals surface area contributed by atoms with Crippen molar-refractivity contribution in [1.29, 1.82) is 0 Å². The molecule has 32 heavy (non-hydrogen) atoms. The number of ether oxygens (including phenoxy) is 4. The molecule has 6 heteroatoms. The average Bonchev–Trinajstić information content (AvgIpc) is 2.85. The maximum Gasteiger partial charge on any atom is 0.184 e. The Labute approximate surface area is 192 Å². The van der Waals surface area contributed by atoms with Gasteiger partial charge in [-0.15, -0.1) is 0 Å². The predicted molar refractivity (Wildman–Crippen MR) is 122 cm³/mol. The lowest BCUT2D eigenvalue weighted by Gasteiger charge is -2.47. The van der Waals surface area contributed by atoms with Crippen LogP contribution in [0.2, 0.25) is 0 Å². The zero-order valence-electron chi connectivity index (χ0n) is 17.5. The summed E-state index contributed by atoms with van der Waals surface area (Å²) in [7, 11) is 0. The maximum atomic E-state index is 11.4. The van der Waals surface area contributed by atoms with Gasteiger partial charge in [0.2, 0.25) is 0 Å². The van der Waals surface area contributed by atoms with Crippen molar-refractivity contribution in [3.05, 3.63) is 102 Å². The third kappa shape index (κ3) is 4.91. The van der Waals surface area contributed by atoms with Gasteiger partial charge in [0, 0.05) is 10.5 Å². The molecule has 2 heterocycles. The van der Waals surface area contributed by atoms with E-state index in [4.69, 9.17) is 18.9 Å². The fraction of sp³-hybridized carbons (Fsp3) is 0.308. The minimum Gasteiger partial charge on any atom is -0.387 e. The van der Waals surface area contributed by atoms with Crippen molar-refractivity contribution < 1.29 is 24.1 Å². The Bertz CT molecular complexity index is 971. The van der Waals surface area contributed by atoms with Crippen LogP contribution in [0.5, 0.6) is 0 Å². The third-order valence-electron chi connectivity index (χ3n) is 5.66. The molecule has 2 fully saturated rings. The lowest BCUT2D eigenvalue weighted by Crippen LogP contribution is -2.61. The predicted octanol–water partition coefficient (Wildman–Crippen LogP) is 4.56. The second-order valence-corrected chi connectivity index (χ2v) is 9.07. The fourth-order valence-electron chi connectivity index (χ4n) is 4.02. The van der Waals surface area contributed by atoms with Crippen molar-refractivity contribution in [3.63, 3.8) is 0 Å². The Hall–Kier alpha value is -2.19. The minimum atomic E-state index is -0.853. The summed E-state index contributed by atoms with van der Waals surface area (Å²) in [5.41, 5.74) is 1.57. The largest absolute Gasteiger partial charge is 0.387 e. The van der Waals surface area contributed by atoms with E-state index in [0.29, 0.717) is 13.2 Å². The van der Waals surface area contributed by atoms with Gasteiger partial charge < -0.3 is 24.1 Å². The van der Waals surface area contributed by atoms with Gasteiger partial charge in [0.25, 0.3) is 0 Å². The molecule has 3 aromatic carbocycles. The van der Waals surface area contributed by atoms with E-state index in [9.17, 15) is 5.11 Å². The molecule has 0 spiro atoms. The zero-order chi connectivity index (χ0) is 21.8. The van der Waals surface area contributed by atoms with E-state index in [2.05, 4.69) is 0 Å². The molecule has 4 unspecified atom stereocenters. The maximum absolute atomic E-state index is 11.4. The molecule has 2 aliphatic heterocycles. The molecule has 0 radical (unpaired) electrons. The summed E-state index contributed by atoms with van der Waals surface area (Å²) in [5.74, 6) is 0. The first-order valence-corrected chi connectivity index (χ1v) is 11.7. The lowest BCUT2D eigenvalue weighted by molar-refractivity contribution is -0.322. The minimum absolute atomic E-state index is 0.346. The van der Waals surface area contributed by atoms with E-state index in [1.807, 2.05) is 91.0 Å². The number of aliphatic hydroxyl groups is 1. The first-order valence-electron chi connectivity index (χ1n) is 10.8. The summed E-state index contributed by atoms with van der Waals surface area (Å²) in [6.07, 6.45) is -2.86. The first kappa shape index (κ1) is 21.6. The van der Waals surface area contributed by atoms with Gasteiger partial charge in [-0.1, -0.05) is 90.6 Å². The van der Waals surface area contributed by atoms with E-state index >= 15 is 0 Å². The average molecular weight is 451 g/mol. The summed E-state index contributed by atoms with van der Waals surface area (Å²) >= 11 is 1.55. The van der Waals surface area contributed by atoms with Crippen LogP contribution in [-0.2, 0) is 25.6 Å². The summed E-state index contributed by atoms with van der Waals surface area (Å²) in [6.45, 7) is 0.728. The molecule has 0 bridgehead atoms. The SMILES string of the molecule is OC1C(OCc2ccccc2)[C@H](Sc2ccccc2)OC2COC(c3ccccc3)O[C@H]21. The second-order valence-electron chi connectivity index (χ2n) is 7.90. The van der Waals surface area contributed by atoms with Gasteiger partial charge in [0.05, 0.1) is 13.2 Å². The Balaban J connectivity index is 1.35. The first-order chi connectivity index (χ1) is 15.8. The number of hydrogen-bond donors (Lipinski definition) is 1. The van der Waals surface area contributed by atoms with Gasteiger partial charge in [0.15, 0.2) is 6.29 Å². The highest BCUT2D eigenvalue weighted by Gasteiger charge is 2.50. The van der Waals surface area contributed by atoms with Gasteiger partial charge in [-0.3, -0.25) is 0 Å². The molecule has 5 nitrogen and oxygen atoms in total. The topological polar surface area (TPSA) is 57.2 Å². The van der Waals surface area contributed by atoms with Gasteiger partial charge in [0.1, 0.15) is 29.9 Å². The fourth-order valence-corrected chi connectivity index (χ4v) is 5.17. The highest BCUT2D eigenvalue weighted by Crippen LogP contribution is 2.40. The molecule has 166 valence electrons. The molecule has 5 rings (SSSR count). The number of fused-ring (bicyclic) bond motifs is 1. The molecule has 0 aliphatic carbocycles. The number of hydrogen-bond acceptors (Lipinski definition) is 6. The highest BCUT2D eigenvalue weighted by molar-refractivity contribution is 7.99. The molecular formula is C26H26O5S. The highest BCUT2D eigenvalue weighted by atomic mass is 32.2. The summed E-state index contributed by atoms with van der Waals surface area (Å²) in [4.78, 5) is 1.05. The van der Waals surface area contributed by atoms with Gasteiger partial charge >= 0.3 is 0 Å². The van der Waals surface area contributed by atoms with E-state index in [-0.39, 0.29) is 6.10 Å². The Morgan fingerprint density at radius 3 is 2.22 bits per heavy atom. The number of thioether (sulfide) groups is 1. The Morgan fingerprint density at radius 2 is 1.50 bits per heavy atom. The molecular weight excluding hydrogens is 424 g/mol. The molecule has 2 aliphatic rings. The zero-order valence-corrected chi connectivity index (χ0v) is 18.3. The van der Waals surface area contributed by atoms with E-state index in [0.717, 1.165) is 16.0 Å². The van der Waals surface area contributed by atoms with Crippen LogP contribution in [0.1, 0.15) is 17.4 Å². The van der Waals surface area contributed by atoms with Gasteiger partial charge in [-0.2, -0.15) is 0 Å². The van der Waals surface area contributed by atoms with Crippen LogP contribution in [0.4, 0.5) is 0 Å². The molecule has 0 saturated carbocycles. The van der Waals surface area contributed by atoms with Crippen LogP contribution < -0.4 is 0 Å². The Morgan fingerprint density at radius 1 is 0.844 bits per heavy atom. The van der Waals surface area contributed by atoms with Crippen LogP contribution in [0.25, 0.3) is 0 Å². The summed E-state index contributed by atoms with van der Waals surface area (Å²) < 4.78 is 24.7. The Kier molecular flexibility index (Phi) is 6.88. The van der Waals surface area contributed by atoms with Crippen molar-refractivity contribution in [2.45, 2.75) is 47.6 Å². The molecule has 2 saturated heterocycles. The normalized spacial score (nSPS) is 29.9. The lowest BCUT2D eigenvalue weighted by atomic mass is 9.98. The van der Waals surface area contributed by atoms with E-state index in [1.165, 1.54) is 0 Å². The quantitative estimate of drug-likeness (QED) is 0.594. The standard InChI is InChI=1S/C26H26O5S/c27-22-23-21(17-29-25(31-23)19-12-6-2-7-13-19)30-26(32-20-14-8-3-9-15-20)24(22)28-16-18-10-4-1-5-11-18/h1-15,21-27H,16-17H2/t21?,22?,23-,24?,25?,26+/m1/s1. The monoisotopic (exact) mass is 450 g/mol. The molecule has 3 aromatic rings. The van der Waals surface area contributed by atoms with Crippen molar-refractivity contribution in [3.8, 4) is 0 Å². The van der Waals surface area contributed by atoms with Crippen molar-refractivity contribution in [1.82, 2.24) is 0 Å². The van der Waals surface area contributed by atoms with Crippen molar-refractivity contribution in [2.75, 3.05) is 6.61 Å². The van der Waals surface area contributed by atoms with E-state index in [1.54, 1.807) is 11.8 Å². The second kappa shape index (κ2) is 10.2. The third-order valence-corrected chi connectivity index (χ3v) is 6.82. The molecule has 0 aromatic heterocycles. The molecule has 6 atom stereocenters. The van der Waals surface area contributed by atoms with Crippen molar-refractivity contribution in [2.24, 2.45) is 0 Å². The smallest absolute Gasteiger partial charge is 0.184 e. The van der Waals surface area contributed by atoms with Gasteiger partial charge in [-0.05, 0) is 17.7 Å². The molecule has 1 N–H and O–H groups in total. The number of aliphatic hydroxyl groups excluding tert-OH is 1. The van der Waals surface area contributed by atoms with Crippen LogP contribution in [0, 0.1) is 0 Å². The van der Waals surface area contributed by atoms with Crippen LogP contribution in [0.15, 0.2) is 95.9 Å². The van der Waals surface area contributed by atoms with E-state index < -0.39 is 30.0 Å². The number of benzene rings is 3.